The number of hydrogen-bond donors (Lipinski definition) is 0. The van der Waals surface area contributed by atoms with E-state index in [2.05, 4.69) is 68.4 Å². The van der Waals surface area contributed by atoms with E-state index in [1.807, 2.05) is 0 Å². The summed E-state index contributed by atoms with van der Waals surface area (Å²) in [6, 6.07) is 19.5. The van der Waals surface area contributed by atoms with E-state index < -0.39 is 0 Å². The van der Waals surface area contributed by atoms with E-state index in [1.165, 1.54) is 33.2 Å². The number of nitriles is 1. The van der Waals surface area contributed by atoms with Gasteiger partial charge in [-0.2, -0.15) is 5.26 Å². The normalized spacial score (nSPS) is 16.4. The third-order valence-electron chi connectivity index (χ3n) is 5.64. The fraction of sp³-hybridized carbons (Fsp3) is 0.160. The molecule has 0 amide bonds. The standard InChI is InChI=1S/C25H19NO/c1-15-13-16(2)18-9-10-21-24-19-6-4-3-5-17(19)7-8-20(24)23(11-12-26)27-25(21)22(18)14-15/h3-6,9-11,13-14H,7-8H2,1-2H3/b23-11+. The lowest BCUT2D eigenvalue weighted by atomic mass is 9.79. The number of allylic oxidation sites excluding steroid dienone is 2. The van der Waals surface area contributed by atoms with Crippen LogP contribution in [0.25, 0.3) is 16.3 Å². The maximum absolute atomic E-state index is 9.32. The number of benzene rings is 3. The number of fused-ring (bicyclic) bond motifs is 6. The van der Waals surface area contributed by atoms with Crippen molar-refractivity contribution < 1.29 is 4.74 Å². The fourth-order valence-corrected chi connectivity index (χ4v) is 4.51. The number of ether oxygens (including phenoxy) is 1. The molecule has 0 aromatic heterocycles. The average molecular weight is 349 g/mol. The highest BCUT2D eigenvalue weighted by atomic mass is 16.5. The molecule has 0 N–H and O–H groups in total. The van der Waals surface area contributed by atoms with E-state index in [0.717, 1.165) is 35.1 Å². The second kappa shape index (κ2) is 5.86. The summed E-state index contributed by atoms with van der Waals surface area (Å²) in [5.74, 6) is 1.57. The van der Waals surface area contributed by atoms with Crippen LogP contribution in [-0.2, 0) is 6.42 Å². The first-order valence-electron chi connectivity index (χ1n) is 9.31. The first kappa shape index (κ1) is 15.9. The van der Waals surface area contributed by atoms with Crippen LogP contribution in [0.2, 0.25) is 0 Å². The van der Waals surface area contributed by atoms with E-state index in [1.54, 1.807) is 6.08 Å². The number of hydrogen-bond acceptors (Lipinski definition) is 2. The van der Waals surface area contributed by atoms with Crippen molar-refractivity contribution in [3.8, 4) is 11.8 Å². The lowest BCUT2D eigenvalue weighted by Crippen LogP contribution is -2.16. The molecular formula is C25H19NO. The highest BCUT2D eigenvalue weighted by Crippen LogP contribution is 2.49. The zero-order valence-corrected chi connectivity index (χ0v) is 15.5. The van der Waals surface area contributed by atoms with Gasteiger partial charge in [0, 0.05) is 16.5 Å². The maximum atomic E-state index is 9.32. The van der Waals surface area contributed by atoms with Crippen molar-refractivity contribution in [1.29, 1.82) is 5.26 Å². The predicted octanol–water partition coefficient (Wildman–Crippen LogP) is 6.00. The van der Waals surface area contributed by atoms with E-state index in [4.69, 9.17) is 4.74 Å². The number of rotatable bonds is 0. The lowest BCUT2D eigenvalue weighted by Gasteiger charge is -2.31. The van der Waals surface area contributed by atoms with Crippen molar-refractivity contribution in [2.45, 2.75) is 26.7 Å². The van der Waals surface area contributed by atoms with Gasteiger partial charge in [-0.3, -0.25) is 0 Å². The highest BCUT2D eigenvalue weighted by Gasteiger charge is 2.30. The molecule has 1 aliphatic carbocycles. The molecule has 2 heteroatoms. The fourth-order valence-electron chi connectivity index (χ4n) is 4.51. The Balaban J connectivity index is 1.90. The molecule has 3 aromatic rings. The Bertz CT molecular complexity index is 1220. The van der Waals surface area contributed by atoms with Crippen LogP contribution >= 0.6 is 0 Å². The molecule has 2 aliphatic rings. The van der Waals surface area contributed by atoms with Crippen molar-refractivity contribution in [3.63, 3.8) is 0 Å². The third kappa shape index (κ3) is 2.32. The highest BCUT2D eigenvalue weighted by molar-refractivity contribution is 6.01. The predicted molar refractivity (Wildman–Crippen MR) is 109 cm³/mol. The molecule has 130 valence electrons. The molecule has 0 spiro atoms. The van der Waals surface area contributed by atoms with Crippen molar-refractivity contribution in [2.75, 3.05) is 0 Å². The van der Waals surface area contributed by atoms with Crippen molar-refractivity contribution in [1.82, 2.24) is 0 Å². The number of nitrogens with zero attached hydrogens (tertiary/aromatic N) is 1. The van der Waals surface area contributed by atoms with Gasteiger partial charge in [0.05, 0.1) is 12.1 Å². The van der Waals surface area contributed by atoms with Gasteiger partial charge in [-0.25, -0.2) is 0 Å². The monoisotopic (exact) mass is 349 g/mol. The molecule has 0 bridgehead atoms. The molecule has 0 saturated carbocycles. The van der Waals surface area contributed by atoms with E-state index in [-0.39, 0.29) is 0 Å². The van der Waals surface area contributed by atoms with Gasteiger partial charge in [-0.05, 0) is 66.5 Å². The van der Waals surface area contributed by atoms with Gasteiger partial charge in [0.1, 0.15) is 11.5 Å². The zero-order chi connectivity index (χ0) is 18.5. The summed E-state index contributed by atoms with van der Waals surface area (Å²) in [5, 5.41) is 11.6. The van der Waals surface area contributed by atoms with Gasteiger partial charge in [-0.15, -0.1) is 0 Å². The average Bonchev–Trinajstić information content (AvgIpc) is 2.67. The van der Waals surface area contributed by atoms with Crippen LogP contribution in [0.4, 0.5) is 0 Å². The Kier molecular flexibility index (Phi) is 3.45. The molecule has 0 saturated heterocycles. The van der Waals surface area contributed by atoms with Crippen LogP contribution in [0.5, 0.6) is 5.75 Å². The van der Waals surface area contributed by atoms with Crippen molar-refractivity contribution in [3.05, 3.63) is 93.8 Å². The third-order valence-corrected chi connectivity index (χ3v) is 5.64. The van der Waals surface area contributed by atoms with Crippen LogP contribution in [0.3, 0.4) is 0 Å². The van der Waals surface area contributed by atoms with Crippen LogP contribution in [0.1, 0.15) is 34.2 Å². The smallest absolute Gasteiger partial charge is 0.143 e. The summed E-state index contributed by atoms with van der Waals surface area (Å²) in [6.45, 7) is 4.25. The van der Waals surface area contributed by atoms with Gasteiger partial charge in [-0.1, -0.05) is 42.0 Å². The van der Waals surface area contributed by atoms with Crippen molar-refractivity contribution in [2.24, 2.45) is 0 Å². The number of aryl methyl sites for hydroxylation is 3. The quantitative estimate of drug-likeness (QED) is 0.466. The molecule has 3 aromatic carbocycles. The zero-order valence-electron chi connectivity index (χ0n) is 15.5. The molecule has 5 rings (SSSR count). The molecule has 1 aliphatic heterocycles. The second-order valence-corrected chi connectivity index (χ2v) is 7.37. The molecular weight excluding hydrogens is 330 g/mol. The summed E-state index contributed by atoms with van der Waals surface area (Å²) < 4.78 is 6.36. The molecule has 0 fully saturated rings. The van der Waals surface area contributed by atoms with Gasteiger partial charge < -0.3 is 4.74 Å². The van der Waals surface area contributed by atoms with Gasteiger partial charge >= 0.3 is 0 Å². The lowest BCUT2D eigenvalue weighted by molar-refractivity contribution is 0.429. The Hall–Kier alpha value is -3.31. The minimum atomic E-state index is 0.696. The summed E-state index contributed by atoms with van der Waals surface area (Å²) in [4.78, 5) is 0. The minimum Gasteiger partial charge on any atom is -0.455 e. The molecule has 2 nitrogen and oxygen atoms in total. The summed E-state index contributed by atoms with van der Waals surface area (Å²) in [5.41, 5.74) is 8.58. The van der Waals surface area contributed by atoms with Crippen LogP contribution in [0, 0.1) is 25.2 Å². The molecule has 0 atom stereocenters. The first-order chi connectivity index (χ1) is 13.2. The van der Waals surface area contributed by atoms with Crippen LogP contribution in [0.15, 0.2) is 65.9 Å². The Labute approximate surface area is 159 Å². The van der Waals surface area contributed by atoms with Gasteiger partial charge in [0.15, 0.2) is 0 Å². The summed E-state index contributed by atoms with van der Waals surface area (Å²) in [7, 11) is 0. The van der Waals surface area contributed by atoms with E-state index >= 15 is 0 Å². The summed E-state index contributed by atoms with van der Waals surface area (Å²) >= 11 is 0. The van der Waals surface area contributed by atoms with E-state index in [0.29, 0.717) is 5.76 Å². The first-order valence-corrected chi connectivity index (χ1v) is 9.31. The topological polar surface area (TPSA) is 33.0 Å². The molecule has 1 heterocycles. The van der Waals surface area contributed by atoms with E-state index in [9.17, 15) is 5.26 Å². The van der Waals surface area contributed by atoms with Gasteiger partial charge in [0.2, 0.25) is 0 Å². The van der Waals surface area contributed by atoms with Crippen LogP contribution < -0.4 is 4.74 Å². The second-order valence-electron chi connectivity index (χ2n) is 7.37. The Morgan fingerprint density at radius 3 is 2.67 bits per heavy atom. The Morgan fingerprint density at radius 2 is 1.81 bits per heavy atom. The van der Waals surface area contributed by atoms with Crippen molar-refractivity contribution >= 4 is 16.3 Å². The molecule has 0 radical (unpaired) electrons. The van der Waals surface area contributed by atoms with Gasteiger partial charge in [0.25, 0.3) is 0 Å². The van der Waals surface area contributed by atoms with Crippen LogP contribution in [-0.4, -0.2) is 0 Å². The summed E-state index contributed by atoms with van der Waals surface area (Å²) in [6.07, 6.45) is 3.42. The Morgan fingerprint density at radius 1 is 0.963 bits per heavy atom. The largest absolute Gasteiger partial charge is 0.455 e. The molecule has 27 heavy (non-hydrogen) atoms. The molecule has 0 unspecified atom stereocenters. The minimum absolute atomic E-state index is 0.696. The maximum Gasteiger partial charge on any atom is 0.143 e. The SMILES string of the molecule is Cc1cc(C)c2ccc3c(c2c1)O/C(=C/C#N)C1=C3c2ccccc2CC1.